The number of nitriles is 1. The number of halogens is 1. The molecule has 0 aromatic heterocycles. The average molecular weight is 258 g/mol. The molecule has 2 rings (SSSR count). The van der Waals surface area contributed by atoms with E-state index in [1.54, 1.807) is 18.2 Å². The fraction of sp³-hybridized carbons (Fsp3) is 0.133. The van der Waals surface area contributed by atoms with Gasteiger partial charge < -0.3 is 4.74 Å². The summed E-state index contributed by atoms with van der Waals surface area (Å²) in [6.45, 7) is 2.06. The minimum Gasteiger partial charge on any atom is -0.454 e. The molecule has 18 heavy (non-hydrogen) atoms. The van der Waals surface area contributed by atoms with Crippen LogP contribution in [0.1, 0.15) is 18.1 Å². The predicted molar refractivity (Wildman–Crippen MR) is 72.1 cm³/mol. The molecule has 0 amide bonds. The molecule has 0 N–H and O–H groups in total. The Labute approximate surface area is 111 Å². The molecule has 2 nitrogen and oxygen atoms in total. The second kappa shape index (κ2) is 5.57. The number of hydrogen-bond donors (Lipinski definition) is 0. The Bertz CT molecular complexity index is 602. The van der Waals surface area contributed by atoms with Crippen molar-refractivity contribution in [1.82, 2.24) is 0 Å². The summed E-state index contributed by atoms with van der Waals surface area (Å²) in [7, 11) is 0. The fourth-order valence-electron chi connectivity index (χ4n) is 1.71. The summed E-state index contributed by atoms with van der Waals surface area (Å²) in [5, 5.41) is 9.50. The lowest BCUT2D eigenvalue weighted by molar-refractivity contribution is 0.475. The molecule has 0 atom stereocenters. The van der Waals surface area contributed by atoms with Gasteiger partial charge in [0.15, 0.2) is 5.75 Å². The molecule has 3 heteroatoms. The minimum atomic E-state index is 0.419. The lowest BCUT2D eigenvalue weighted by Gasteiger charge is -2.12. The highest BCUT2D eigenvalue weighted by Crippen LogP contribution is 2.34. The van der Waals surface area contributed by atoms with Crippen molar-refractivity contribution < 1.29 is 4.74 Å². The Hall–Kier alpha value is -1.98. The van der Waals surface area contributed by atoms with Crippen LogP contribution in [0, 0.1) is 11.3 Å². The number of ether oxygens (including phenoxy) is 1. The minimum absolute atomic E-state index is 0.419. The van der Waals surface area contributed by atoms with Crippen molar-refractivity contribution in [2.45, 2.75) is 13.3 Å². The first-order valence-corrected chi connectivity index (χ1v) is 6.08. The van der Waals surface area contributed by atoms with Crippen molar-refractivity contribution in [3.05, 3.63) is 58.6 Å². The first-order chi connectivity index (χ1) is 8.76. The second-order valence-electron chi connectivity index (χ2n) is 3.79. The molecule has 0 radical (unpaired) electrons. The Morgan fingerprint density at radius 3 is 2.67 bits per heavy atom. The zero-order chi connectivity index (χ0) is 13.0. The number of hydrogen-bond acceptors (Lipinski definition) is 2. The van der Waals surface area contributed by atoms with Crippen molar-refractivity contribution in [3.8, 4) is 17.6 Å². The third kappa shape index (κ3) is 2.47. The lowest BCUT2D eigenvalue weighted by atomic mass is 10.1. The van der Waals surface area contributed by atoms with Gasteiger partial charge in [-0.25, -0.2) is 0 Å². The summed E-state index contributed by atoms with van der Waals surface area (Å²) >= 11 is 6.08. The maximum atomic E-state index is 9.06. The third-order valence-electron chi connectivity index (χ3n) is 2.65. The lowest BCUT2D eigenvalue weighted by Crippen LogP contribution is -1.93. The third-order valence-corrected chi connectivity index (χ3v) is 2.95. The van der Waals surface area contributed by atoms with Crippen molar-refractivity contribution in [1.29, 1.82) is 5.26 Å². The highest BCUT2D eigenvalue weighted by atomic mass is 35.5. The van der Waals surface area contributed by atoms with Gasteiger partial charge in [0, 0.05) is 0 Å². The van der Waals surface area contributed by atoms with Gasteiger partial charge in [0.25, 0.3) is 0 Å². The SMILES string of the molecule is CCc1ccccc1Oc1c(Cl)cccc1C#N. The molecule has 90 valence electrons. The van der Waals surface area contributed by atoms with Gasteiger partial charge in [-0.1, -0.05) is 42.8 Å². The Morgan fingerprint density at radius 2 is 1.94 bits per heavy atom. The summed E-state index contributed by atoms with van der Waals surface area (Å²) in [5.41, 5.74) is 1.52. The average Bonchev–Trinajstić information content (AvgIpc) is 2.41. The van der Waals surface area contributed by atoms with Crippen molar-refractivity contribution >= 4 is 11.6 Å². The summed E-state index contributed by atoms with van der Waals surface area (Å²) in [6.07, 6.45) is 0.864. The van der Waals surface area contributed by atoms with Crippen LogP contribution in [0.3, 0.4) is 0 Å². The van der Waals surface area contributed by atoms with E-state index in [-0.39, 0.29) is 0 Å². The Balaban J connectivity index is 2.43. The molecule has 0 bridgehead atoms. The molecule has 0 aliphatic rings. The molecule has 0 saturated carbocycles. The van der Waals surface area contributed by atoms with Crippen LogP contribution >= 0.6 is 11.6 Å². The van der Waals surface area contributed by atoms with Crippen molar-refractivity contribution in [3.63, 3.8) is 0 Å². The number of para-hydroxylation sites is 2. The Morgan fingerprint density at radius 1 is 1.17 bits per heavy atom. The van der Waals surface area contributed by atoms with Crippen LogP contribution in [-0.2, 0) is 6.42 Å². The standard InChI is InChI=1S/C15H12ClNO/c1-2-11-6-3-4-9-14(11)18-15-12(10-17)7-5-8-13(15)16/h3-9H,2H2,1H3. The number of nitrogens with zero attached hydrogens (tertiary/aromatic N) is 1. The summed E-state index contributed by atoms with van der Waals surface area (Å²) in [4.78, 5) is 0. The normalized spacial score (nSPS) is 9.83. The van der Waals surface area contributed by atoms with Crippen LogP contribution in [-0.4, -0.2) is 0 Å². The van der Waals surface area contributed by atoms with E-state index in [1.807, 2.05) is 24.3 Å². The molecule has 0 unspecified atom stereocenters. The highest BCUT2D eigenvalue weighted by molar-refractivity contribution is 6.32. The zero-order valence-corrected chi connectivity index (χ0v) is 10.7. The maximum Gasteiger partial charge on any atom is 0.163 e. The van der Waals surface area contributed by atoms with E-state index in [0.29, 0.717) is 16.3 Å². The van der Waals surface area contributed by atoms with E-state index in [0.717, 1.165) is 17.7 Å². The monoisotopic (exact) mass is 257 g/mol. The smallest absolute Gasteiger partial charge is 0.163 e. The van der Waals surface area contributed by atoms with E-state index < -0.39 is 0 Å². The summed E-state index contributed by atoms with van der Waals surface area (Å²) in [6, 6.07) is 15.0. The van der Waals surface area contributed by atoms with Crippen LogP contribution in [0.2, 0.25) is 5.02 Å². The topological polar surface area (TPSA) is 33.0 Å². The van der Waals surface area contributed by atoms with Crippen molar-refractivity contribution in [2.75, 3.05) is 0 Å². The predicted octanol–water partition coefficient (Wildman–Crippen LogP) is 4.57. The number of aryl methyl sites for hydroxylation is 1. The molecular weight excluding hydrogens is 246 g/mol. The van der Waals surface area contributed by atoms with Gasteiger partial charge in [-0.3, -0.25) is 0 Å². The van der Waals surface area contributed by atoms with Crippen LogP contribution in [0.5, 0.6) is 11.5 Å². The van der Waals surface area contributed by atoms with Gasteiger partial charge in [-0.05, 0) is 30.2 Å². The van der Waals surface area contributed by atoms with E-state index in [4.69, 9.17) is 21.6 Å². The van der Waals surface area contributed by atoms with Gasteiger partial charge in [0.2, 0.25) is 0 Å². The highest BCUT2D eigenvalue weighted by Gasteiger charge is 2.10. The Kier molecular flexibility index (Phi) is 3.86. The molecule has 0 saturated heterocycles. The maximum absolute atomic E-state index is 9.06. The van der Waals surface area contributed by atoms with Gasteiger partial charge in [0.1, 0.15) is 11.8 Å². The summed E-state index contributed by atoms with van der Waals surface area (Å²) in [5.74, 6) is 1.16. The van der Waals surface area contributed by atoms with E-state index >= 15 is 0 Å². The van der Waals surface area contributed by atoms with Crippen molar-refractivity contribution in [2.24, 2.45) is 0 Å². The first kappa shape index (κ1) is 12.5. The van der Waals surface area contributed by atoms with E-state index in [2.05, 4.69) is 13.0 Å². The molecule has 0 fully saturated rings. The van der Waals surface area contributed by atoms with Crippen LogP contribution in [0.15, 0.2) is 42.5 Å². The second-order valence-corrected chi connectivity index (χ2v) is 4.20. The molecule has 0 aliphatic heterocycles. The molecule has 2 aromatic carbocycles. The van der Waals surface area contributed by atoms with Gasteiger partial charge in [-0.15, -0.1) is 0 Å². The van der Waals surface area contributed by atoms with Crippen LogP contribution in [0.25, 0.3) is 0 Å². The molecule has 0 heterocycles. The quantitative estimate of drug-likeness (QED) is 0.807. The molecule has 2 aromatic rings. The van der Waals surface area contributed by atoms with Crippen LogP contribution in [0.4, 0.5) is 0 Å². The van der Waals surface area contributed by atoms with E-state index in [1.165, 1.54) is 0 Å². The van der Waals surface area contributed by atoms with Crippen LogP contribution < -0.4 is 4.74 Å². The first-order valence-electron chi connectivity index (χ1n) is 5.70. The zero-order valence-electron chi connectivity index (χ0n) is 9.98. The summed E-state index contributed by atoms with van der Waals surface area (Å²) < 4.78 is 5.80. The fourth-order valence-corrected chi connectivity index (χ4v) is 1.92. The van der Waals surface area contributed by atoms with Gasteiger partial charge in [0.05, 0.1) is 10.6 Å². The largest absolute Gasteiger partial charge is 0.454 e. The van der Waals surface area contributed by atoms with Gasteiger partial charge >= 0.3 is 0 Å². The van der Waals surface area contributed by atoms with Gasteiger partial charge in [-0.2, -0.15) is 5.26 Å². The van der Waals surface area contributed by atoms with E-state index in [9.17, 15) is 0 Å². The molecular formula is C15H12ClNO. The number of rotatable bonds is 3. The molecule has 0 spiro atoms. The molecule has 0 aliphatic carbocycles. The number of benzene rings is 2.